The molecule has 1 saturated heterocycles. The smallest absolute Gasteiger partial charge is 0.406 e. The summed E-state index contributed by atoms with van der Waals surface area (Å²) in [5.41, 5.74) is 3.55. The number of anilines is 1. The van der Waals surface area contributed by atoms with Crippen molar-refractivity contribution in [2.45, 2.75) is 36.9 Å². The summed E-state index contributed by atoms with van der Waals surface area (Å²) in [5.74, 6) is -0.0584. The van der Waals surface area contributed by atoms with Gasteiger partial charge in [-0.3, -0.25) is 9.69 Å². The first-order chi connectivity index (χ1) is 20.9. The molecule has 9 nitrogen and oxygen atoms in total. The number of ether oxygens (including phenoxy) is 1. The zero-order valence-corrected chi connectivity index (χ0v) is 24.9. The molecule has 3 aromatic carbocycles. The van der Waals surface area contributed by atoms with Crippen molar-refractivity contribution in [3.05, 3.63) is 84.1 Å². The predicted octanol–water partition coefficient (Wildman–Crippen LogP) is 6.45. The summed E-state index contributed by atoms with van der Waals surface area (Å²) < 4.78 is 69.8. The van der Waals surface area contributed by atoms with Gasteiger partial charge in [-0.25, -0.2) is 13.4 Å². The van der Waals surface area contributed by atoms with E-state index in [0.29, 0.717) is 33.4 Å². The summed E-state index contributed by atoms with van der Waals surface area (Å²) in [7, 11) is -3.82. The number of alkyl halides is 3. The topological polar surface area (TPSA) is 106 Å². The van der Waals surface area contributed by atoms with Crippen LogP contribution in [0.3, 0.4) is 0 Å². The minimum absolute atomic E-state index is 0.0746. The summed E-state index contributed by atoms with van der Waals surface area (Å²) in [5, 5.41) is 8.89. The van der Waals surface area contributed by atoms with E-state index in [4.69, 9.17) is 0 Å². The minimum atomic E-state index is -4.82. The number of sulfone groups is 1. The van der Waals surface area contributed by atoms with E-state index in [0.717, 1.165) is 23.4 Å². The molecular weight excluding hydrogens is 615 g/mol. The number of benzene rings is 3. The van der Waals surface area contributed by atoms with Crippen LogP contribution in [0, 0.1) is 0 Å². The van der Waals surface area contributed by atoms with Crippen LogP contribution >= 0.6 is 11.8 Å². The lowest BCUT2D eigenvalue weighted by molar-refractivity contribution is -0.274. The standard InChI is InChI=1S/C30H24F3N5O4S2/c1-18(2)22-5-3-4-6-24(22)38-27(39)16-43-29(38)36-35-14-19-7-12-23-26(13-19)44(40,41)17-37-25(15-34-28(23)37)20-8-10-21(11-9-20)42-30(31,32)33/h3-15,18H,16-17H2,1-2H3/b35-14-,36-29-. The van der Waals surface area contributed by atoms with E-state index in [1.54, 1.807) is 17.0 Å². The summed E-state index contributed by atoms with van der Waals surface area (Å²) in [6.07, 6.45) is -1.91. The number of hydrogen-bond donors (Lipinski definition) is 0. The van der Waals surface area contributed by atoms with E-state index in [9.17, 15) is 26.4 Å². The molecule has 1 amide bonds. The van der Waals surface area contributed by atoms with Crippen LogP contribution in [0.4, 0.5) is 18.9 Å². The van der Waals surface area contributed by atoms with Gasteiger partial charge in [0.15, 0.2) is 15.0 Å². The fourth-order valence-corrected chi connectivity index (χ4v) is 7.44. The van der Waals surface area contributed by atoms with Gasteiger partial charge in [0, 0.05) is 11.1 Å². The summed E-state index contributed by atoms with van der Waals surface area (Å²) >= 11 is 1.28. The molecule has 226 valence electrons. The first kappa shape index (κ1) is 29.6. The van der Waals surface area contributed by atoms with E-state index in [1.807, 2.05) is 38.1 Å². The van der Waals surface area contributed by atoms with Gasteiger partial charge in [-0.15, -0.1) is 18.3 Å². The quantitative estimate of drug-likeness (QED) is 0.177. The molecule has 0 radical (unpaired) electrons. The molecule has 0 N–H and O–H groups in total. The van der Waals surface area contributed by atoms with Gasteiger partial charge in [-0.2, -0.15) is 5.10 Å². The van der Waals surface area contributed by atoms with Crippen molar-refractivity contribution in [2.24, 2.45) is 10.2 Å². The summed E-state index contributed by atoms with van der Waals surface area (Å²) in [6.45, 7) is 4.10. The Morgan fingerprint density at radius 1 is 1.07 bits per heavy atom. The molecule has 0 bridgehead atoms. The van der Waals surface area contributed by atoms with Crippen molar-refractivity contribution < 1.29 is 31.1 Å². The first-order valence-electron chi connectivity index (χ1n) is 13.4. The number of amides is 1. The fraction of sp³-hybridized carbons (Fsp3) is 0.200. The highest BCUT2D eigenvalue weighted by molar-refractivity contribution is 8.15. The lowest BCUT2D eigenvalue weighted by atomic mass is 10.0. The average Bonchev–Trinajstić information content (AvgIpc) is 3.55. The second kappa shape index (κ2) is 11.2. The maximum atomic E-state index is 13.4. The Morgan fingerprint density at radius 3 is 2.55 bits per heavy atom. The van der Waals surface area contributed by atoms with Gasteiger partial charge >= 0.3 is 6.36 Å². The van der Waals surface area contributed by atoms with Crippen molar-refractivity contribution in [3.63, 3.8) is 0 Å². The predicted molar refractivity (Wildman–Crippen MR) is 162 cm³/mol. The van der Waals surface area contributed by atoms with Gasteiger partial charge in [0.2, 0.25) is 5.91 Å². The van der Waals surface area contributed by atoms with Gasteiger partial charge < -0.3 is 9.30 Å². The van der Waals surface area contributed by atoms with Crippen molar-refractivity contribution in [3.8, 4) is 28.4 Å². The number of nitrogens with zero attached hydrogens (tertiary/aromatic N) is 5. The number of carbonyl (C=O) groups excluding carboxylic acids is 1. The Kier molecular flexibility index (Phi) is 7.58. The monoisotopic (exact) mass is 639 g/mol. The molecule has 2 aliphatic rings. The van der Waals surface area contributed by atoms with Crippen LogP contribution in [-0.2, 0) is 20.5 Å². The highest BCUT2D eigenvalue weighted by Gasteiger charge is 2.33. The molecular formula is C30H24F3N5O4S2. The molecule has 44 heavy (non-hydrogen) atoms. The van der Waals surface area contributed by atoms with Gasteiger partial charge in [-0.05, 0) is 59.5 Å². The number of para-hydroxylation sites is 1. The highest BCUT2D eigenvalue weighted by Crippen LogP contribution is 2.38. The molecule has 4 aromatic rings. The first-order valence-corrected chi connectivity index (χ1v) is 16.0. The molecule has 0 unspecified atom stereocenters. The molecule has 0 saturated carbocycles. The largest absolute Gasteiger partial charge is 0.573 e. The number of rotatable bonds is 6. The number of thioether (sulfide) groups is 1. The number of aromatic nitrogens is 2. The van der Waals surface area contributed by atoms with Crippen LogP contribution in [0.5, 0.6) is 5.75 Å². The van der Waals surface area contributed by atoms with Gasteiger partial charge in [0.1, 0.15) is 17.5 Å². The third-order valence-corrected chi connectivity index (χ3v) is 9.55. The van der Waals surface area contributed by atoms with E-state index in [1.165, 1.54) is 46.9 Å². The molecule has 2 aliphatic heterocycles. The number of imidazole rings is 1. The van der Waals surface area contributed by atoms with E-state index in [-0.39, 0.29) is 28.2 Å². The van der Waals surface area contributed by atoms with Crippen LogP contribution in [0.1, 0.15) is 30.9 Å². The average molecular weight is 640 g/mol. The number of amidine groups is 1. The van der Waals surface area contributed by atoms with Crippen molar-refractivity contribution >= 4 is 44.6 Å². The summed E-state index contributed by atoms with van der Waals surface area (Å²) in [6, 6.07) is 17.6. The van der Waals surface area contributed by atoms with Crippen LogP contribution in [-0.4, -0.2) is 47.4 Å². The lowest BCUT2D eigenvalue weighted by Gasteiger charge is -2.21. The number of carbonyl (C=O) groups is 1. The zero-order chi connectivity index (χ0) is 31.2. The van der Waals surface area contributed by atoms with E-state index < -0.39 is 22.1 Å². The van der Waals surface area contributed by atoms with E-state index >= 15 is 0 Å². The number of fused-ring (bicyclic) bond motifs is 3. The Hall–Kier alpha value is -4.43. The zero-order valence-electron chi connectivity index (χ0n) is 23.3. The summed E-state index contributed by atoms with van der Waals surface area (Å²) in [4.78, 5) is 18.8. The maximum absolute atomic E-state index is 13.4. The Morgan fingerprint density at radius 2 is 1.82 bits per heavy atom. The van der Waals surface area contributed by atoms with Crippen LogP contribution in [0.25, 0.3) is 22.6 Å². The Labute approximate surface area is 255 Å². The molecule has 14 heteroatoms. The van der Waals surface area contributed by atoms with E-state index in [2.05, 4.69) is 19.9 Å². The molecule has 0 atom stereocenters. The van der Waals surface area contributed by atoms with Crippen molar-refractivity contribution in [1.82, 2.24) is 9.55 Å². The molecule has 3 heterocycles. The molecule has 6 rings (SSSR count). The number of halogens is 3. The molecule has 0 spiro atoms. The SMILES string of the molecule is CC(C)c1ccccc1N1C(=O)CS/C1=N\N=C/c1ccc2c(c1)S(=O)(=O)Cn1c(-c3ccc(OC(F)(F)F)cc3)cnc1-2. The molecule has 0 aliphatic carbocycles. The van der Waals surface area contributed by atoms with Crippen molar-refractivity contribution in [2.75, 3.05) is 10.7 Å². The number of hydrogen-bond acceptors (Lipinski definition) is 8. The van der Waals surface area contributed by atoms with Gasteiger partial charge in [0.25, 0.3) is 0 Å². The second-order valence-corrected chi connectivity index (χ2v) is 13.2. The van der Waals surface area contributed by atoms with Crippen molar-refractivity contribution in [1.29, 1.82) is 0 Å². The third kappa shape index (κ3) is 5.74. The lowest BCUT2D eigenvalue weighted by Crippen LogP contribution is -2.30. The molecule has 1 fully saturated rings. The maximum Gasteiger partial charge on any atom is 0.573 e. The van der Waals surface area contributed by atoms with Crippen LogP contribution in [0.15, 0.2) is 88.0 Å². The van der Waals surface area contributed by atoms with Crippen LogP contribution in [0.2, 0.25) is 0 Å². The second-order valence-electron chi connectivity index (χ2n) is 10.3. The molecule has 1 aromatic heterocycles. The fourth-order valence-electron chi connectivity index (χ4n) is 5.08. The highest BCUT2D eigenvalue weighted by atomic mass is 32.2. The van der Waals surface area contributed by atoms with Crippen LogP contribution < -0.4 is 9.64 Å². The third-order valence-electron chi connectivity index (χ3n) is 7.04. The Balaban J connectivity index is 1.28. The van der Waals surface area contributed by atoms with Gasteiger partial charge in [-0.1, -0.05) is 49.9 Å². The Bertz CT molecular complexity index is 1930. The normalized spacial score (nSPS) is 17.0. The minimum Gasteiger partial charge on any atom is -0.406 e. The van der Waals surface area contributed by atoms with Gasteiger partial charge in [0.05, 0.1) is 34.4 Å².